The predicted octanol–water partition coefficient (Wildman–Crippen LogP) is 2.14. The van der Waals surface area contributed by atoms with Crippen molar-refractivity contribution in [3.8, 4) is 0 Å². The summed E-state index contributed by atoms with van der Waals surface area (Å²) in [7, 11) is 0. The number of carbonyl (C=O) groups is 2. The van der Waals surface area contributed by atoms with Gasteiger partial charge in [0.15, 0.2) is 0 Å². The van der Waals surface area contributed by atoms with Gasteiger partial charge in [0, 0.05) is 12.3 Å². The van der Waals surface area contributed by atoms with E-state index in [2.05, 4.69) is 12.2 Å². The standard InChI is InChI=1S/C12H23NO3S/c1-4-5-6-7-13-11(14)10(3)17-8-9(2)12(15)16/h9-10H,4-8H2,1-3H3,(H,13,14)(H,15,16). The molecule has 1 amide bonds. The Morgan fingerprint density at radius 3 is 2.47 bits per heavy atom. The lowest BCUT2D eigenvalue weighted by molar-refractivity contribution is -0.140. The van der Waals surface area contributed by atoms with Crippen LogP contribution in [0.15, 0.2) is 0 Å². The predicted molar refractivity (Wildman–Crippen MR) is 71.3 cm³/mol. The van der Waals surface area contributed by atoms with Gasteiger partial charge in [-0.25, -0.2) is 0 Å². The molecule has 0 aliphatic heterocycles. The summed E-state index contributed by atoms with van der Waals surface area (Å²) in [5.41, 5.74) is 0. The number of hydrogen-bond donors (Lipinski definition) is 2. The lowest BCUT2D eigenvalue weighted by atomic mass is 10.2. The van der Waals surface area contributed by atoms with Gasteiger partial charge in [-0.3, -0.25) is 9.59 Å². The van der Waals surface area contributed by atoms with E-state index in [1.165, 1.54) is 11.8 Å². The van der Waals surface area contributed by atoms with Crippen LogP contribution in [0.3, 0.4) is 0 Å². The van der Waals surface area contributed by atoms with Crippen LogP contribution in [0.2, 0.25) is 0 Å². The van der Waals surface area contributed by atoms with Crippen LogP contribution in [0, 0.1) is 5.92 Å². The fourth-order valence-corrected chi connectivity index (χ4v) is 2.12. The molecule has 5 heteroatoms. The highest BCUT2D eigenvalue weighted by molar-refractivity contribution is 8.00. The average molecular weight is 261 g/mol. The Balaban J connectivity index is 3.70. The van der Waals surface area contributed by atoms with E-state index in [0.717, 1.165) is 19.3 Å². The summed E-state index contributed by atoms with van der Waals surface area (Å²) in [6.07, 6.45) is 3.26. The molecule has 0 aliphatic rings. The quantitative estimate of drug-likeness (QED) is 0.624. The van der Waals surface area contributed by atoms with Crippen LogP contribution in [-0.2, 0) is 9.59 Å². The van der Waals surface area contributed by atoms with E-state index in [1.54, 1.807) is 6.92 Å². The van der Waals surface area contributed by atoms with E-state index in [4.69, 9.17) is 5.11 Å². The molecule has 0 saturated heterocycles. The Morgan fingerprint density at radius 2 is 1.94 bits per heavy atom. The van der Waals surface area contributed by atoms with Crippen molar-refractivity contribution in [1.82, 2.24) is 5.32 Å². The van der Waals surface area contributed by atoms with Crippen molar-refractivity contribution in [2.24, 2.45) is 5.92 Å². The van der Waals surface area contributed by atoms with Crippen LogP contribution < -0.4 is 5.32 Å². The number of carboxylic acid groups (broad SMARTS) is 1. The number of unbranched alkanes of at least 4 members (excludes halogenated alkanes) is 2. The fourth-order valence-electron chi connectivity index (χ4n) is 1.17. The lowest BCUT2D eigenvalue weighted by Crippen LogP contribution is -2.32. The van der Waals surface area contributed by atoms with Crippen molar-refractivity contribution in [3.63, 3.8) is 0 Å². The first-order valence-electron chi connectivity index (χ1n) is 6.11. The number of rotatable bonds is 9. The number of thioether (sulfide) groups is 1. The summed E-state index contributed by atoms with van der Waals surface area (Å²) < 4.78 is 0. The second-order valence-electron chi connectivity index (χ2n) is 4.21. The van der Waals surface area contributed by atoms with E-state index in [9.17, 15) is 9.59 Å². The van der Waals surface area contributed by atoms with E-state index in [1.807, 2.05) is 6.92 Å². The van der Waals surface area contributed by atoms with E-state index < -0.39 is 11.9 Å². The summed E-state index contributed by atoms with van der Waals surface area (Å²) in [6.45, 7) is 6.30. The molecule has 0 aromatic carbocycles. The molecule has 17 heavy (non-hydrogen) atoms. The molecule has 0 aromatic rings. The second kappa shape index (κ2) is 9.33. The maximum atomic E-state index is 11.6. The molecule has 0 radical (unpaired) electrons. The van der Waals surface area contributed by atoms with Gasteiger partial charge in [0.2, 0.25) is 5.91 Å². The molecule has 2 N–H and O–H groups in total. The molecule has 0 saturated carbocycles. The summed E-state index contributed by atoms with van der Waals surface area (Å²) in [4.78, 5) is 22.2. The van der Waals surface area contributed by atoms with Crippen molar-refractivity contribution in [3.05, 3.63) is 0 Å². The second-order valence-corrected chi connectivity index (χ2v) is 5.59. The number of amides is 1. The molecule has 0 rings (SSSR count). The molecule has 0 bridgehead atoms. The third-order valence-electron chi connectivity index (χ3n) is 2.47. The van der Waals surface area contributed by atoms with E-state index in [-0.39, 0.29) is 11.2 Å². The zero-order chi connectivity index (χ0) is 13.3. The molecule has 2 atom stereocenters. The zero-order valence-corrected chi connectivity index (χ0v) is 11.7. The Kier molecular flexibility index (Phi) is 8.94. The lowest BCUT2D eigenvalue weighted by Gasteiger charge is -2.13. The van der Waals surface area contributed by atoms with Crippen LogP contribution >= 0.6 is 11.8 Å². The highest BCUT2D eigenvalue weighted by atomic mass is 32.2. The minimum absolute atomic E-state index is 0.00342. The van der Waals surface area contributed by atoms with E-state index in [0.29, 0.717) is 12.3 Å². The van der Waals surface area contributed by atoms with Crippen molar-refractivity contribution < 1.29 is 14.7 Å². The molecule has 0 aliphatic carbocycles. The number of hydrogen-bond acceptors (Lipinski definition) is 3. The summed E-state index contributed by atoms with van der Waals surface area (Å²) in [6, 6.07) is 0. The molecular weight excluding hydrogens is 238 g/mol. The minimum Gasteiger partial charge on any atom is -0.481 e. The Bertz CT molecular complexity index is 246. The highest BCUT2D eigenvalue weighted by Gasteiger charge is 2.17. The van der Waals surface area contributed by atoms with Crippen LogP contribution in [0.5, 0.6) is 0 Å². The Hall–Kier alpha value is -0.710. The summed E-state index contributed by atoms with van der Waals surface area (Å²) in [5, 5.41) is 11.4. The summed E-state index contributed by atoms with van der Waals surface area (Å²) in [5.74, 6) is -0.745. The van der Waals surface area contributed by atoms with E-state index >= 15 is 0 Å². The van der Waals surface area contributed by atoms with Crippen molar-refractivity contribution >= 4 is 23.6 Å². The number of carbonyl (C=O) groups excluding carboxylic acids is 1. The maximum absolute atomic E-state index is 11.6. The SMILES string of the molecule is CCCCCNC(=O)C(C)SCC(C)C(=O)O. The van der Waals surface area contributed by atoms with Gasteiger partial charge in [0.25, 0.3) is 0 Å². The molecule has 4 nitrogen and oxygen atoms in total. The first-order valence-corrected chi connectivity index (χ1v) is 7.16. The van der Waals surface area contributed by atoms with Gasteiger partial charge >= 0.3 is 5.97 Å². The van der Waals surface area contributed by atoms with Gasteiger partial charge in [-0.2, -0.15) is 0 Å². The van der Waals surface area contributed by atoms with Crippen molar-refractivity contribution in [2.75, 3.05) is 12.3 Å². The van der Waals surface area contributed by atoms with Crippen LogP contribution in [0.25, 0.3) is 0 Å². The first-order chi connectivity index (χ1) is 7.99. The van der Waals surface area contributed by atoms with Crippen LogP contribution in [0.1, 0.15) is 40.0 Å². The van der Waals surface area contributed by atoms with Gasteiger partial charge in [-0.05, 0) is 13.3 Å². The largest absolute Gasteiger partial charge is 0.481 e. The van der Waals surface area contributed by atoms with Crippen LogP contribution in [-0.4, -0.2) is 34.5 Å². The van der Waals surface area contributed by atoms with Crippen molar-refractivity contribution in [2.45, 2.75) is 45.3 Å². The smallest absolute Gasteiger partial charge is 0.307 e. The minimum atomic E-state index is -0.812. The number of aliphatic carboxylic acids is 1. The molecule has 0 spiro atoms. The maximum Gasteiger partial charge on any atom is 0.307 e. The third-order valence-corrected chi connectivity index (χ3v) is 3.87. The molecule has 2 unspecified atom stereocenters. The molecule has 0 fully saturated rings. The number of nitrogens with one attached hydrogen (secondary N) is 1. The van der Waals surface area contributed by atoms with Gasteiger partial charge in [-0.1, -0.05) is 26.7 Å². The van der Waals surface area contributed by atoms with Crippen molar-refractivity contribution in [1.29, 1.82) is 0 Å². The monoisotopic (exact) mass is 261 g/mol. The Morgan fingerprint density at radius 1 is 1.29 bits per heavy atom. The average Bonchev–Trinajstić information content (AvgIpc) is 2.30. The fraction of sp³-hybridized carbons (Fsp3) is 0.833. The normalized spacial score (nSPS) is 14.1. The summed E-state index contributed by atoms with van der Waals surface area (Å²) >= 11 is 1.39. The Labute approximate surface area is 108 Å². The van der Waals surface area contributed by atoms with Gasteiger partial charge in [0.1, 0.15) is 0 Å². The molecular formula is C12H23NO3S. The molecule has 100 valence electrons. The first kappa shape index (κ1) is 16.3. The molecule has 0 aromatic heterocycles. The van der Waals surface area contributed by atoms with Gasteiger partial charge in [0.05, 0.1) is 11.2 Å². The molecule has 0 heterocycles. The van der Waals surface area contributed by atoms with Gasteiger partial charge in [-0.15, -0.1) is 11.8 Å². The van der Waals surface area contributed by atoms with Crippen LogP contribution in [0.4, 0.5) is 0 Å². The third kappa shape index (κ3) is 8.07. The highest BCUT2D eigenvalue weighted by Crippen LogP contribution is 2.15. The number of carboxylic acids is 1. The topological polar surface area (TPSA) is 66.4 Å². The van der Waals surface area contributed by atoms with Gasteiger partial charge < -0.3 is 10.4 Å². The zero-order valence-electron chi connectivity index (χ0n) is 10.9.